The highest BCUT2D eigenvalue weighted by molar-refractivity contribution is 9.10. The maximum Gasteiger partial charge on any atom is 0.231 e. The third-order valence-corrected chi connectivity index (χ3v) is 4.81. The Labute approximate surface area is 145 Å². The fourth-order valence-electron chi connectivity index (χ4n) is 1.82. The topological polar surface area (TPSA) is 55.8 Å². The van der Waals surface area contributed by atoms with Crippen LogP contribution in [0.25, 0.3) is 0 Å². The van der Waals surface area contributed by atoms with Gasteiger partial charge in [0.1, 0.15) is 24.7 Å². The predicted octanol–water partition coefficient (Wildman–Crippen LogP) is 3.30. The molecule has 0 heterocycles. The van der Waals surface area contributed by atoms with Gasteiger partial charge in [-0.2, -0.15) is 0 Å². The van der Waals surface area contributed by atoms with Crippen molar-refractivity contribution in [1.29, 1.82) is 0 Å². The summed E-state index contributed by atoms with van der Waals surface area (Å²) in [7, 11) is -1.74. The Kier molecular flexibility index (Phi) is 5.90. The summed E-state index contributed by atoms with van der Waals surface area (Å²) in [6.45, 7) is 0.815. The highest BCUT2D eigenvalue weighted by Gasteiger charge is 2.11. The van der Waals surface area contributed by atoms with Gasteiger partial charge in [0, 0.05) is 11.5 Å². The summed E-state index contributed by atoms with van der Waals surface area (Å²) < 4.78 is 36.2. The predicted molar refractivity (Wildman–Crippen MR) is 94.8 cm³/mol. The maximum absolute atomic E-state index is 11.5. The average molecular weight is 400 g/mol. The van der Waals surface area contributed by atoms with Gasteiger partial charge in [-0.15, -0.1) is 0 Å². The minimum absolute atomic E-state index is 0.397. The SMILES string of the molecule is CN(c1ccc(OCCOc2cccc(Br)c2)cc1)S(C)(=O)=O. The minimum Gasteiger partial charge on any atom is -0.490 e. The second-order valence-corrected chi connectivity index (χ2v) is 7.81. The molecule has 0 saturated heterocycles. The molecule has 0 spiro atoms. The molecular weight excluding hydrogens is 382 g/mol. The summed E-state index contributed by atoms with van der Waals surface area (Å²) in [5, 5.41) is 0. The van der Waals surface area contributed by atoms with Crippen LogP contribution in [0.5, 0.6) is 11.5 Å². The highest BCUT2D eigenvalue weighted by Crippen LogP contribution is 2.20. The first-order valence-electron chi connectivity index (χ1n) is 6.91. The lowest BCUT2D eigenvalue weighted by Crippen LogP contribution is -2.24. The third-order valence-electron chi connectivity index (χ3n) is 3.11. The monoisotopic (exact) mass is 399 g/mol. The summed E-state index contributed by atoms with van der Waals surface area (Å²) in [4.78, 5) is 0. The van der Waals surface area contributed by atoms with Crippen molar-refractivity contribution in [1.82, 2.24) is 0 Å². The number of anilines is 1. The number of sulfonamides is 1. The van der Waals surface area contributed by atoms with Crippen LogP contribution in [0.15, 0.2) is 53.0 Å². The van der Waals surface area contributed by atoms with Crippen molar-refractivity contribution in [3.63, 3.8) is 0 Å². The van der Waals surface area contributed by atoms with Gasteiger partial charge >= 0.3 is 0 Å². The third kappa shape index (κ3) is 5.44. The summed E-state index contributed by atoms with van der Waals surface area (Å²) in [5.74, 6) is 1.43. The Hall–Kier alpha value is -1.73. The van der Waals surface area contributed by atoms with Crippen LogP contribution in [0.4, 0.5) is 5.69 Å². The average Bonchev–Trinajstić information content (AvgIpc) is 2.51. The maximum atomic E-state index is 11.5. The molecular formula is C16H18BrNO4S. The second kappa shape index (κ2) is 7.70. The van der Waals surface area contributed by atoms with E-state index in [4.69, 9.17) is 9.47 Å². The zero-order valence-corrected chi connectivity index (χ0v) is 15.3. The van der Waals surface area contributed by atoms with Crippen molar-refractivity contribution in [2.24, 2.45) is 0 Å². The Balaban J connectivity index is 1.82. The van der Waals surface area contributed by atoms with E-state index in [9.17, 15) is 8.42 Å². The molecule has 0 N–H and O–H groups in total. The van der Waals surface area contributed by atoms with Crippen molar-refractivity contribution in [3.05, 3.63) is 53.0 Å². The van der Waals surface area contributed by atoms with Gasteiger partial charge in [0.05, 0.1) is 11.9 Å². The lowest BCUT2D eigenvalue weighted by molar-refractivity contribution is 0.217. The van der Waals surface area contributed by atoms with Gasteiger partial charge in [0.15, 0.2) is 0 Å². The van der Waals surface area contributed by atoms with Crippen LogP contribution in [-0.2, 0) is 10.0 Å². The van der Waals surface area contributed by atoms with Gasteiger partial charge in [0.25, 0.3) is 0 Å². The summed E-state index contributed by atoms with van der Waals surface area (Å²) in [6.07, 6.45) is 1.16. The lowest BCUT2D eigenvalue weighted by Gasteiger charge is -2.16. The van der Waals surface area contributed by atoms with Crippen molar-refractivity contribution in [3.8, 4) is 11.5 Å². The van der Waals surface area contributed by atoms with Gasteiger partial charge in [-0.3, -0.25) is 4.31 Å². The number of ether oxygens (including phenoxy) is 2. The lowest BCUT2D eigenvalue weighted by atomic mass is 10.3. The van der Waals surface area contributed by atoms with E-state index in [1.54, 1.807) is 24.3 Å². The summed E-state index contributed by atoms with van der Waals surface area (Å²) >= 11 is 3.38. The van der Waals surface area contributed by atoms with E-state index >= 15 is 0 Å². The molecule has 0 bridgehead atoms. The highest BCUT2D eigenvalue weighted by atomic mass is 79.9. The van der Waals surface area contributed by atoms with E-state index in [0.29, 0.717) is 24.7 Å². The molecule has 7 heteroatoms. The second-order valence-electron chi connectivity index (χ2n) is 4.88. The van der Waals surface area contributed by atoms with Crippen molar-refractivity contribution < 1.29 is 17.9 Å². The fraction of sp³-hybridized carbons (Fsp3) is 0.250. The van der Waals surface area contributed by atoms with E-state index in [0.717, 1.165) is 16.5 Å². The molecule has 2 aromatic carbocycles. The zero-order chi connectivity index (χ0) is 16.9. The van der Waals surface area contributed by atoms with E-state index in [-0.39, 0.29) is 0 Å². The Morgan fingerprint density at radius 3 is 2.17 bits per heavy atom. The Morgan fingerprint density at radius 1 is 1.00 bits per heavy atom. The van der Waals surface area contributed by atoms with E-state index in [1.165, 1.54) is 11.4 Å². The zero-order valence-electron chi connectivity index (χ0n) is 12.9. The Morgan fingerprint density at radius 2 is 1.61 bits per heavy atom. The van der Waals surface area contributed by atoms with Gasteiger partial charge in [0.2, 0.25) is 10.0 Å². The molecule has 0 radical (unpaired) electrons. The van der Waals surface area contributed by atoms with E-state index in [2.05, 4.69) is 15.9 Å². The molecule has 0 aromatic heterocycles. The summed E-state index contributed by atoms with van der Waals surface area (Å²) in [6, 6.07) is 14.5. The smallest absolute Gasteiger partial charge is 0.231 e. The summed E-state index contributed by atoms with van der Waals surface area (Å²) in [5.41, 5.74) is 0.588. The molecule has 2 rings (SSSR count). The molecule has 2 aromatic rings. The van der Waals surface area contributed by atoms with Gasteiger partial charge in [-0.05, 0) is 42.5 Å². The van der Waals surface area contributed by atoms with Crippen LogP contribution in [0.2, 0.25) is 0 Å². The van der Waals surface area contributed by atoms with Crippen LogP contribution >= 0.6 is 15.9 Å². The number of hydrogen-bond donors (Lipinski definition) is 0. The quantitative estimate of drug-likeness (QED) is 0.670. The largest absolute Gasteiger partial charge is 0.490 e. The van der Waals surface area contributed by atoms with Gasteiger partial charge < -0.3 is 9.47 Å². The molecule has 0 aliphatic heterocycles. The van der Waals surface area contributed by atoms with Crippen molar-refractivity contribution in [2.75, 3.05) is 30.8 Å². The molecule has 0 unspecified atom stereocenters. The molecule has 0 aliphatic carbocycles. The first-order valence-corrected chi connectivity index (χ1v) is 9.55. The van der Waals surface area contributed by atoms with Crippen LogP contribution in [0.3, 0.4) is 0 Å². The van der Waals surface area contributed by atoms with Crippen molar-refractivity contribution >= 4 is 31.6 Å². The normalized spacial score (nSPS) is 11.1. The van der Waals surface area contributed by atoms with Crippen LogP contribution in [-0.4, -0.2) is 34.9 Å². The Bertz CT molecular complexity index is 747. The molecule has 0 aliphatic rings. The number of halogens is 1. The molecule has 124 valence electrons. The molecule has 5 nitrogen and oxygen atoms in total. The molecule has 0 saturated carbocycles. The molecule has 23 heavy (non-hydrogen) atoms. The standard InChI is InChI=1S/C16H18BrNO4S/c1-18(23(2,19)20)14-6-8-15(9-7-14)21-10-11-22-16-5-3-4-13(17)12-16/h3-9,12H,10-11H2,1-2H3. The number of hydrogen-bond acceptors (Lipinski definition) is 4. The van der Waals surface area contributed by atoms with Crippen LogP contribution in [0.1, 0.15) is 0 Å². The van der Waals surface area contributed by atoms with E-state index < -0.39 is 10.0 Å². The fourth-order valence-corrected chi connectivity index (χ4v) is 2.70. The number of benzene rings is 2. The number of rotatable bonds is 7. The van der Waals surface area contributed by atoms with Crippen LogP contribution in [0, 0.1) is 0 Å². The molecule has 0 amide bonds. The molecule has 0 fully saturated rings. The number of nitrogens with zero attached hydrogens (tertiary/aromatic N) is 1. The first kappa shape index (κ1) is 17.6. The van der Waals surface area contributed by atoms with Crippen LogP contribution < -0.4 is 13.8 Å². The van der Waals surface area contributed by atoms with Gasteiger partial charge in [-0.25, -0.2) is 8.42 Å². The minimum atomic E-state index is -3.26. The first-order chi connectivity index (χ1) is 10.9. The van der Waals surface area contributed by atoms with Gasteiger partial charge in [-0.1, -0.05) is 22.0 Å². The van der Waals surface area contributed by atoms with E-state index in [1.807, 2.05) is 24.3 Å². The van der Waals surface area contributed by atoms with Crippen molar-refractivity contribution in [2.45, 2.75) is 0 Å². The molecule has 0 atom stereocenters.